The summed E-state index contributed by atoms with van der Waals surface area (Å²) in [6.07, 6.45) is 1.89. The van der Waals surface area contributed by atoms with Crippen LogP contribution in [0, 0.1) is 5.92 Å². The van der Waals surface area contributed by atoms with Crippen molar-refractivity contribution in [3.8, 4) is 5.75 Å². The van der Waals surface area contributed by atoms with E-state index >= 15 is 0 Å². The van der Waals surface area contributed by atoms with Crippen LogP contribution in [-0.2, 0) is 6.42 Å². The van der Waals surface area contributed by atoms with Crippen LogP contribution in [0.3, 0.4) is 0 Å². The number of benzene rings is 1. The van der Waals surface area contributed by atoms with Gasteiger partial charge in [0.1, 0.15) is 5.75 Å². The van der Waals surface area contributed by atoms with E-state index in [9.17, 15) is 0 Å². The van der Waals surface area contributed by atoms with Gasteiger partial charge in [-0.15, -0.1) is 0 Å². The zero-order chi connectivity index (χ0) is 12.1. The van der Waals surface area contributed by atoms with Crippen molar-refractivity contribution in [2.24, 2.45) is 11.7 Å². The molecule has 1 aromatic rings. The smallest absolute Gasteiger partial charge is 0.122 e. The van der Waals surface area contributed by atoms with Gasteiger partial charge in [0, 0.05) is 11.1 Å². The normalized spacial score (nSPS) is 14.6. The maximum Gasteiger partial charge on any atom is 0.122 e. The van der Waals surface area contributed by atoms with E-state index in [1.165, 1.54) is 0 Å². The second-order valence-corrected chi connectivity index (χ2v) is 4.65. The molecule has 2 nitrogen and oxygen atoms in total. The molecule has 0 amide bonds. The van der Waals surface area contributed by atoms with Gasteiger partial charge < -0.3 is 10.5 Å². The molecule has 90 valence electrons. The van der Waals surface area contributed by atoms with E-state index in [2.05, 4.69) is 13.8 Å². The lowest BCUT2D eigenvalue weighted by molar-refractivity contribution is 0.397. The fraction of sp³-hybridized carbons (Fsp3) is 0.538. The Hall–Kier alpha value is -0.730. The third kappa shape index (κ3) is 3.39. The Morgan fingerprint density at radius 3 is 2.69 bits per heavy atom. The molecule has 1 aromatic carbocycles. The van der Waals surface area contributed by atoms with Crippen molar-refractivity contribution in [2.45, 2.75) is 32.7 Å². The fourth-order valence-corrected chi connectivity index (χ4v) is 1.86. The molecule has 3 heteroatoms. The van der Waals surface area contributed by atoms with Crippen LogP contribution in [0.2, 0.25) is 5.02 Å². The largest absolute Gasteiger partial charge is 0.496 e. The summed E-state index contributed by atoms with van der Waals surface area (Å²) in [6.45, 7) is 4.32. The van der Waals surface area contributed by atoms with Crippen LogP contribution in [0.5, 0.6) is 5.75 Å². The first-order valence-corrected chi connectivity index (χ1v) is 6.04. The van der Waals surface area contributed by atoms with Gasteiger partial charge in [-0.3, -0.25) is 0 Å². The average molecular weight is 242 g/mol. The summed E-state index contributed by atoms with van der Waals surface area (Å²) in [4.78, 5) is 0. The molecule has 0 heterocycles. The van der Waals surface area contributed by atoms with E-state index < -0.39 is 0 Å². The van der Waals surface area contributed by atoms with E-state index in [1.807, 2.05) is 18.2 Å². The third-order valence-corrected chi connectivity index (χ3v) is 3.31. The van der Waals surface area contributed by atoms with Crippen molar-refractivity contribution >= 4 is 11.6 Å². The number of halogens is 1. The predicted molar refractivity (Wildman–Crippen MR) is 69.1 cm³/mol. The lowest BCUT2D eigenvalue weighted by atomic mass is 9.93. The summed E-state index contributed by atoms with van der Waals surface area (Å²) >= 11 is 5.97. The Kier molecular flexibility index (Phi) is 5.10. The topological polar surface area (TPSA) is 35.2 Å². The number of rotatable bonds is 5. The van der Waals surface area contributed by atoms with Crippen molar-refractivity contribution in [3.05, 3.63) is 28.8 Å². The standard InChI is InChI=1S/C13H20ClNO/c1-4-9(2)12(15)8-10-7-11(14)5-6-13(10)16-3/h5-7,9,12H,4,8,15H2,1-3H3. The number of hydrogen-bond acceptors (Lipinski definition) is 2. The lowest BCUT2D eigenvalue weighted by Crippen LogP contribution is -2.30. The summed E-state index contributed by atoms with van der Waals surface area (Å²) in [5, 5.41) is 0.729. The van der Waals surface area contributed by atoms with Crippen LogP contribution in [0.25, 0.3) is 0 Å². The molecule has 0 saturated carbocycles. The van der Waals surface area contributed by atoms with Crippen LogP contribution in [0.1, 0.15) is 25.8 Å². The second-order valence-electron chi connectivity index (χ2n) is 4.21. The molecule has 0 radical (unpaired) electrons. The molecule has 2 atom stereocenters. The molecular weight excluding hydrogens is 222 g/mol. The van der Waals surface area contributed by atoms with Gasteiger partial charge in [0.15, 0.2) is 0 Å². The highest BCUT2D eigenvalue weighted by molar-refractivity contribution is 6.30. The Bertz CT molecular complexity index is 341. The van der Waals surface area contributed by atoms with E-state index in [0.717, 1.165) is 29.2 Å². The van der Waals surface area contributed by atoms with Crippen LogP contribution in [0.15, 0.2) is 18.2 Å². The van der Waals surface area contributed by atoms with Gasteiger partial charge in [0.05, 0.1) is 7.11 Å². The SMILES string of the molecule is CCC(C)C(N)Cc1cc(Cl)ccc1OC. The first-order valence-electron chi connectivity index (χ1n) is 5.66. The summed E-state index contributed by atoms with van der Waals surface area (Å²) in [5.74, 6) is 1.37. The van der Waals surface area contributed by atoms with Crippen LogP contribution in [-0.4, -0.2) is 13.2 Å². The molecule has 0 fully saturated rings. The molecule has 0 spiro atoms. The van der Waals surface area contributed by atoms with Gasteiger partial charge in [-0.25, -0.2) is 0 Å². The first-order chi connectivity index (χ1) is 7.58. The zero-order valence-corrected chi connectivity index (χ0v) is 10.9. The molecule has 0 bridgehead atoms. The van der Waals surface area contributed by atoms with Crippen LogP contribution in [0.4, 0.5) is 0 Å². The minimum absolute atomic E-state index is 0.150. The van der Waals surface area contributed by atoms with Crippen LogP contribution >= 0.6 is 11.6 Å². The van der Waals surface area contributed by atoms with Crippen LogP contribution < -0.4 is 10.5 Å². The van der Waals surface area contributed by atoms with Gasteiger partial charge in [0.25, 0.3) is 0 Å². The average Bonchev–Trinajstić information content (AvgIpc) is 2.28. The lowest BCUT2D eigenvalue weighted by Gasteiger charge is -2.19. The summed E-state index contributed by atoms with van der Waals surface area (Å²) < 4.78 is 5.30. The van der Waals surface area contributed by atoms with E-state index in [-0.39, 0.29) is 6.04 Å². The van der Waals surface area contributed by atoms with Crippen molar-refractivity contribution in [2.75, 3.05) is 7.11 Å². The van der Waals surface area contributed by atoms with Crippen molar-refractivity contribution < 1.29 is 4.74 Å². The Labute approximate surface area is 103 Å². The maximum absolute atomic E-state index is 6.13. The third-order valence-electron chi connectivity index (χ3n) is 3.07. The molecule has 0 saturated heterocycles. The summed E-state index contributed by atoms with van der Waals surface area (Å²) in [5.41, 5.74) is 7.22. The molecule has 0 aliphatic rings. The van der Waals surface area contributed by atoms with Gasteiger partial charge in [-0.1, -0.05) is 31.9 Å². The Balaban J connectivity index is 2.82. The van der Waals surface area contributed by atoms with E-state index in [1.54, 1.807) is 7.11 Å². The summed E-state index contributed by atoms with van der Waals surface area (Å²) in [7, 11) is 1.67. The number of hydrogen-bond donors (Lipinski definition) is 1. The monoisotopic (exact) mass is 241 g/mol. The predicted octanol–water partition coefficient (Wildman–Crippen LogP) is 3.26. The fourth-order valence-electron chi connectivity index (χ4n) is 1.66. The van der Waals surface area contributed by atoms with Crippen molar-refractivity contribution in [1.82, 2.24) is 0 Å². The van der Waals surface area contributed by atoms with Gasteiger partial charge in [0.2, 0.25) is 0 Å². The minimum atomic E-state index is 0.150. The molecule has 0 aromatic heterocycles. The number of ether oxygens (including phenoxy) is 1. The van der Waals surface area contributed by atoms with Gasteiger partial charge in [-0.2, -0.15) is 0 Å². The maximum atomic E-state index is 6.13. The van der Waals surface area contributed by atoms with Gasteiger partial charge in [-0.05, 0) is 36.1 Å². The van der Waals surface area contributed by atoms with Gasteiger partial charge >= 0.3 is 0 Å². The molecule has 1 rings (SSSR count). The van der Waals surface area contributed by atoms with E-state index in [0.29, 0.717) is 5.92 Å². The second kappa shape index (κ2) is 6.12. The molecule has 0 aliphatic carbocycles. The number of methoxy groups -OCH3 is 1. The Morgan fingerprint density at radius 1 is 1.44 bits per heavy atom. The molecule has 0 aliphatic heterocycles. The molecule has 2 unspecified atom stereocenters. The quantitative estimate of drug-likeness (QED) is 0.859. The first kappa shape index (κ1) is 13.3. The number of nitrogens with two attached hydrogens (primary N) is 1. The Morgan fingerprint density at radius 2 is 2.12 bits per heavy atom. The highest BCUT2D eigenvalue weighted by Crippen LogP contribution is 2.25. The highest BCUT2D eigenvalue weighted by Gasteiger charge is 2.14. The summed E-state index contributed by atoms with van der Waals surface area (Å²) in [6, 6.07) is 5.81. The zero-order valence-electron chi connectivity index (χ0n) is 10.2. The van der Waals surface area contributed by atoms with E-state index in [4.69, 9.17) is 22.1 Å². The molecular formula is C13H20ClNO. The minimum Gasteiger partial charge on any atom is -0.496 e. The molecule has 2 N–H and O–H groups in total. The molecule has 16 heavy (non-hydrogen) atoms. The highest BCUT2D eigenvalue weighted by atomic mass is 35.5. The van der Waals surface area contributed by atoms with Crippen molar-refractivity contribution in [1.29, 1.82) is 0 Å². The van der Waals surface area contributed by atoms with Crippen molar-refractivity contribution in [3.63, 3.8) is 0 Å².